The molecule has 29 heavy (non-hydrogen) atoms. The third-order valence-corrected chi connectivity index (χ3v) is 9.40. The van der Waals surface area contributed by atoms with Gasteiger partial charge in [-0.2, -0.15) is 0 Å². The summed E-state index contributed by atoms with van der Waals surface area (Å²) in [5.74, 6) is 2.49. The molecule has 4 aliphatic carbocycles. The van der Waals surface area contributed by atoms with Gasteiger partial charge in [0, 0.05) is 55.3 Å². The van der Waals surface area contributed by atoms with Gasteiger partial charge in [0.1, 0.15) is 0 Å². The molecule has 0 aromatic heterocycles. The summed E-state index contributed by atoms with van der Waals surface area (Å²) in [7, 11) is 1.83. The lowest BCUT2D eigenvalue weighted by molar-refractivity contribution is -0.140. The predicted molar refractivity (Wildman–Crippen MR) is 110 cm³/mol. The van der Waals surface area contributed by atoms with Gasteiger partial charge in [0.25, 0.3) is 0 Å². The highest BCUT2D eigenvalue weighted by atomic mass is 16.5. The van der Waals surface area contributed by atoms with Crippen LogP contribution in [0.4, 0.5) is 0 Å². The molecule has 0 spiro atoms. The first-order valence-electron chi connectivity index (χ1n) is 11.8. The van der Waals surface area contributed by atoms with Crippen molar-refractivity contribution in [3.05, 3.63) is 11.8 Å². The number of β-lactam (4-membered cyclic amide) rings is 1. The molecule has 3 saturated carbocycles. The second-order valence-corrected chi connectivity index (χ2v) is 10.6. The molecule has 2 heterocycles. The Hall–Kier alpha value is -1.20. The number of methoxy groups -OCH3 is 1. The molecule has 5 nitrogen and oxygen atoms in total. The second-order valence-electron chi connectivity index (χ2n) is 10.6. The summed E-state index contributed by atoms with van der Waals surface area (Å²) in [5, 5.41) is 12.1. The normalized spacial score (nSPS) is 50.7. The molecule has 5 heteroatoms. The Bertz CT molecular complexity index is 791. The summed E-state index contributed by atoms with van der Waals surface area (Å²) in [4.78, 5) is 19.5. The smallest absolute Gasteiger partial charge is 0.228 e. The number of ether oxygens (including phenoxy) is 1. The lowest BCUT2D eigenvalue weighted by Gasteiger charge is -2.52. The van der Waals surface area contributed by atoms with Crippen LogP contribution in [0.3, 0.4) is 0 Å². The van der Waals surface area contributed by atoms with Gasteiger partial charge in [0.05, 0.1) is 11.7 Å². The quantitative estimate of drug-likeness (QED) is 0.727. The summed E-state index contributed by atoms with van der Waals surface area (Å²) >= 11 is 0. The third kappa shape index (κ3) is 2.46. The zero-order chi connectivity index (χ0) is 19.9. The van der Waals surface area contributed by atoms with Crippen LogP contribution < -0.4 is 0 Å². The van der Waals surface area contributed by atoms with E-state index >= 15 is 0 Å². The van der Waals surface area contributed by atoms with E-state index in [9.17, 15) is 9.90 Å². The monoisotopic (exact) mass is 398 g/mol. The Balaban J connectivity index is 1.46. The van der Waals surface area contributed by atoms with Crippen molar-refractivity contribution in [2.75, 3.05) is 13.7 Å². The van der Waals surface area contributed by atoms with E-state index in [1.807, 2.05) is 12.0 Å². The zero-order valence-electron chi connectivity index (χ0n) is 17.7. The molecule has 4 fully saturated rings. The standard InChI is InChI=1S/C24H34N2O3/c1-13-6-7-16-18(25-13)10-14-12-24(16,28)17-11-19(26-9-8-21(26)27)23-15(22(14)17)4-3-5-20(23)29-2/h11,13-17,20,22-23,28H,3-10,12H2,1-2H3/t13-,14-,15-,16+,17-,20-,22-,23+,24+/m0/s1. The summed E-state index contributed by atoms with van der Waals surface area (Å²) in [6.07, 6.45) is 10.8. The van der Waals surface area contributed by atoms with Crippen LogP contribution in [0.2, 0.25) is 0 Å². The molecule has 1 amide bonds. The number of likely N-dealkylation sites (tertiary alicyclic amines) is 1. The van der Waals surface area contributed by atoms with Crippen LogP contribution in [0.25, 0.3) is 0 Å². The predicted octanol–water partition coefficient (Wildman–Crippen LogP) is 3.17. The first-order valence-corrected chi connectivity index (χ1v) is 11.8. The summed E-state index contributed by atoms with van der Waals surface area (Å²) in [5.41, 5.74) is 1.81. The molecule has 0 unspecified atom stereocenters. The van der Waals surface area contributed by atoms with Gasteiger partial charge in [-0.1, -0.05) is 12.5 Å². The fourth-order valence-corrected chi connectivity index (χ4v) is 8.24. The number of fused-ring (bicyclic) bond motifs is 9. The molecule has 2 aliphatic heterocycles. The Morgan fingerprint density at radius 2 is 2.14 bits per heavy atom. The molecule has 158 valence electrons. The van der Waals surface area contributed by atoms with E-state index in [2.05, 4.69) is 13.0 Å². The van der Waals surface area contributed by atoms with Crippen LogP contribution in [0.1, 0.15) is 58.3 Å². The van der Waals surface area contributed by atoms with Crippen LogP contribution in [0.5, 0.6) is 0 Å². The van der Waals surface area contributed by atoms with Crippen molar-refractivity contribution >= 4 is 11.6 Å². The van der Waals surface area contributed by atoms with E-state index in [1.165, 1.54) is 24.3 Å². The fourth-order valence-electron chi connectivity index (χ4n) is 8.24. The van der Waals surface area contributed by atoms with Crippen molar-refractivity contribution in [2.24, 2.45) is 40.5 Å². The van der Waals surface area contributed by atoms with E-state index in [-0.39, 0.29) is 23.8 Å². The number of hydrogen-bond donors (Lipinski definition) is 1. The maximum atomic E-state index is 12.4. The Labute approximate surface area is 173 Å². The largest absolute Gasteiger partial charge is 0.389 e. The number of carbonyl (C=O) groups is 1. The number of rotatable bonds is 2. The third-order valence-electron chi connectivity index (χ3n) is 9.40. The van der Waals surface area contributed by atoms with Crippen LogP contribution in [-0.4, -0.2) is 53.0 Å². The molecule has 0 aromatic rings. The molecule has 1 N–H and O–H groups in total. The summed E-state index contributed by atoms with van der Waals surface area (Å²) in [6.45, 7) is 3.04. The first kappa shape index (κ1) is 18.6. The van der Waals surface area contributed by atoms with Crippen LogP contribution >= 0.6 is 0 Å². The highest BCUT2D eigenvalue weighted by Gasteiger charge is 2.65. The Morgan fingerprint density at radius 3 is 2.86 bits per heavy atom. The molecular formula is C24H34N2O3. The van der Waals surface area contributed by atoms with Gasteiger partial charge in [-0.25, -0.2) is 0 Å². The van der Waals surface area contributed by atoms with Gasteiger partial charge in [0.15, 0.2) is 0 Å². The molecular weight excluding hydrogens is 364 g/mol. The van der Waals surface area contributed by atoms with Crippen LogP contribution in [0.15, 0.2) is 16.8 Å². The lowest BCUT2D eigenvalue weighted by atomic mass is 9.60. The van der Waals surface area contributed by atoms with E-state index in [0.717, 1.165) is 38.6 Å². The Morgan fingerprint density at radius 1 is 1.28 bits per heavy atom. The van der Waals surface area contributed by atoms with Crippen molar-refractivity contribution in [3.8, 4) is 0 Å². The number of nitrogens with zero attached hydrogens (tertiary/aromatic N) is 2. The number of aliphatic hydroxyl groups is 1. The minimum atomic E-state index is -0.670. The molecule has 1 saturated heterocycles. The van der Waals surface area contributed by atoms with E-state index in [4.69, 9.17) is 9.73 Å². The summed E-state index contributed by atoms with van der Waals surface area (Å²) < 4.78 is 5.97. The number of amides is 1. The highest BCUT2D eigenvalue weighted by Crippen LogP contribution is 2.64. The van der Waals surface area contributed by atoms with Gasteiger partial charge in [0.2, 0.25) is 5.91 Å². The minimum Gasteiger partial charge on any atom is -0.389 e. The van der Waals surface area contributed by atoms with Gasteiger partial charge in [-0.15, -0.1) is 0 Å². The van der Waals surface area contributed by atoms with E-state index in [0.29, 0.717) is 36.1 Å². The number of aliphatic imine (C=N–C) groups is 1. The average molecular weight is 399 g/mol. The highest BCUT2D eigenvalue weighted by molar-refractivity contribution is 5.90. The molecule has 9 atom stereocenters. The van der Waals surface area contributed by atoms with Crippen LogP contribution in [0, 0.1) is 35.5 Å². The molecule has 0 aromatic carbocycles. The van der Waals surface area contributed by atoms with Crippen molar-refractivity contribution in [1.29, 1.82) is 0 Å². The Kier molecular flexibility index (Phi) is 4.10. The first-order chi connectivity index (χ1) is 14.0. The molecule has 0 radical (unpaired) electrons. The van der Waals surface area contributed by atoms with Gasteiger partial charge < -0.3 is 14.7 Å². The number of hydrogen-bond acceptors (Lipinski definition) is 4. The lowest BCUT2D eigenvalue weighted by Crippen LogP contribution is -2.54. The summed E-state index contributed by atoms with van der Waals surface area (Å²) in [6, 6.07) is 0.398. The van der Waals surface area contributed by atoms with E-state index in [1.54, 1.807) is 0 Å². The maximum absolute atomic E-state index is 12.4. The van der Waals surface area contributed by atoms with Crippen molar-refractivity contribution in [2.45, 2.75) is 76.0 Å². The van der Waals surface area contributed by atoms with Crippen LogP contribution in [-0.2, 0) is 9.53 Å². The fraction of sp³-hybridized carbons (Fsp3) is 0.833. The molecule has 2 bridgehead atoms. The van der Waals surface area contributed by atoms with Gasteiger partial charge in [-0.3, -0.25) is 9.79 Å². The van der Waals surface area contributed by atoms with Crippen molar-refractivity contribution < 1.29 is 14.6 Å². The number of carbonyl (C=O) groups excluding carboxylic acids is 1. The minimum absolute atomic E-state index is 0.166. The van der Waals surface area contributed by atoms with Gasteiger partial charge in [-0.05, 0) is 63.2 Å². The topological polar surface area (TPSA) is 62.1 Å². The maximum Gasteiger partial charge on any atom is 0.228 e. The SMILES string of the molecule is CO[C@H]1CCC[C@@H]2[C@@H]1C(N1CCC1=O)=C[C@H]1[C@H]2[C@H]2CC3=N[C@@H](C)CC[C@H]3[C@]1(O)C2. The van der Waals surface area contributed by atoms with Crippen molar-refractivity contribution in [3.63, 3.8) is 0 Å². The average Bonchev–Trinajstić information content (AvgIpc) is 2.94. The van der Waals surface area contributed by atoms with Crippen molar-refractivity contribution in [1.82, 2.24) is 4.90 Å². The van der Waals surface area contributed by atoms with Gasteiger partial charge >= 0.3 is 0 Å². The molecule has 6 aliphatic rings. The second kappa shape index (κ2) is 6.40. The zero-order valence-corrected chi connectivity index (χ0v) is 17.7. The van der Waals surface area contributed by atoms with E-state index < -0.39 is 5.60 Å². The molecule has 6 rings (SSSR count).